The standard InChI is InChI=1S/C16H12FN3O/c17-11-5-1-2-7-13(11)20-16(21)15-14-10(8-9-19-15)4-3-6-12(14)18/h1-9H,18H2,(H,20,21). The van der Waals surface area contributed by atoms with Gasteiger partial charge in [0.2, 0.25) is 0 Å². The van der Waals surface area contributed by atoms with Gasteiger partial charge in [0.05, 0.1) is 5.69 Å². The number of benzene rings is 2. The molecule has 0 spiro atoms. The second kappa shape index (κ2) is 5.20. The molecule has 1 heterocycles. The van der Waals surface area contributed by atoms with Crippen LogP contribution in [0.15, 0.2) is 54.7 Å². The van der Waals surface area contributed by atoms with Gasteiger partial charge >= 0.3 is 0 Å². The van der Waals surface area contributed by atoms with Crippen molar-refractivity contribution >= 4 is 28.1 Å². The molecule has 5 heteroatoms. The summed E-state index contributed by atoms with van der Waals surface area (Å²) in [7, 11) is 0. The minimum atomic E-state index is -0.501. The van der Waals surface area contributed by atoms with E-state index in [0.29, 0.717) is 11.1 Å². The highest BCUT2D eigenvalue weighted by Crippen LogP contribution is 2.24. The average molecular weight is 281 g/mol. The molecule has 0 aliphatic carbocycles. The molecule has 0 saturated heterocycles. The largest absolute Gasteiger partial charge is 0.398 e. The Balaban J connectivity index is 2.05. The first-order valence-corrected chi connectivity index (χ1v) is 6.36. The van der Waals surface area contributed by atoms with E-state index in [-0.39, 0.29) is 11.4 Å². The predicted molar refractivity (Wildman–Crippen MR) is 80.5 cm³/mol. The second-order valence-electron chi connectivity index (χ2n) is 4.54. The summed E-state index contributed by atoms with van der Waals surface area (Å²) < 4.78 is 13.6. The van der Waals surface area contributed by atoms with E-state index in [1.54, 1.807) is 30.3 Å². The molecule has 4 nitrogen and oxygen atoms in total. The lowest BCUT2D eigenvalue weighted by molar-refractivity contribution is 0.102. The van der Waals surface area contributed by atoms with Gasteiger partial charge in [0.1, 0.15) is 11.5 Å². The molecule has 21 heavy (non-hydrogen) atoms. The second-order valence-corrected chi connectivity index (χ2v) is 4.54. The van der Waals surface area contributed by atoms with Crippen molar-refractivity contribution in [3.63, 3.8) is 0 Å². The smallest absolute Gasteiger partial charge is 0.275 e. The zero-order valence-corrected chi connectivity index (χ0v) is 11.0. The molecule has 3 rings (SSSR count). The van der Waals surface area contributed by atoms with Crippen LogP contribution in [0.4, 0.5) is 15.8 Å². The zero-order valence-electron chi connectivity index (χ0n) is 11.0. The van der Waals surface area contributed by atoms with Crippen LogP contribution in [0, 0.1) is 5.82 Å². The van der Waals surface area contributed by atoms with Crippen LogP contribution in [0.3, 0.4) is 0 Å². The monoisotopic (exact) mass is 281 g/mol. The summed E-state index contributed by atoms with van der Waals surface area (Å²) in [5, 5.41) is 3.89. The first-order valence-electron chi connectivity index (χ1n) is 6.36. The zero-order chi connectivity index (χ0) is 14.8. The number of hydrogen-bond acceptors (Lipinski definition) is 3. The highest BCUT2D eigenvalue weighted by Gasteiger charge is 2.15. The number of carbonyl (C=O) groups is 1. The number of fused-ring (bicyclic) bond motifs is 1. The van der Waals surface area contributed by atoms with Crippen LogP contribution >= 0.6 is 0 Å². The van der Waals surface area contributed by atoms with E-state index in [4.69, 9.17) is 5.73 Å². The third-order valence-corrected chi connectivity index (χ3v) is 3.16. The number of anilines is 2. The minimum Gasteiger partial charge on any atom is -0.398 e. The van der Waals surface area contributed by atoms with E-state index >= 15 is 0 Å². The fourth-order valence-corrected chi connectivity index (χ4v) is 2.17. The Morgan fingerprint density at radius 2 is 1.90 bits per heavy atom. The van der Waals surface area contributed by atoms with Crippen LogP contribution < -0.4 is 11.1 Å². The van der Waals surface area contributed by atoms with Crippen LogP contribution in [0.1, 0.15) is 10.5 Å². The van der Waals surface area contributed by atoms with Crippen LogP contribution in [-0.4, -0.2) is 10.9 Å². The van der Waals surface area contributed by atoms with E-state index in [1.807, 2.05) is 6.07 Å². The Hall–Kier alpha value is -2.95. The van der Waals surface area contributed by atoms with Crippen LogP contribution in [0.25, 0.3) is 10.8 Å². The third-order valence-electron chi connectivity index (χ3n) is 3.16. The van der Waals surface area contributed by atoms with E-state index in [9.17, 15) is 9.18 Å². The van der Waals surface area contributed by atoms with Crippen LogP contribution in [-0.2, 0) is 0 Å². The number of amides is 1. The number of nitrogens with two attached hydrogens (primary N) is 1. The predicted octanol–water partition coefficient (Wildman–Crippen LogP) is 3.21. The molecular weight excluding hydrogens is 269 g/mol. The molecule has 0 aliphatic heterocycles. The molecule has 3 aromatic rings. The van der Waals surface area contributed by atoms with Gasteiger partial charge in [-0.2, -0.15) is 0 Å². The number of hydrogen-bond donors (Lipinski definition) is 2. The fraction of sp³-hybridized carbons (Fsp3) is 0. The molecule has 0 unspecified atom stereocenters. The van der Waals surface area contributed by atoms with Gasteiger partial charge in [0, 0.05) is 17.3 Å². The van der Waals surface area contributed by atoms with Crippen molar-refractivity contribution < 1.29 is 9.18 Å². The topological polar surface area (TPSA) is 68.0 Å². The first kappa shape index (κ1) is 13.1. The summed E-state index contributed by atoms with van der Waals surface area (Å²) in [4.78, 5) is 16.4. The summed E-state index contributed by atoms with van der Waals surface area (Å²) >= 11 is 0. The highest BCUT2D eigenvalue weighted by atomic mass is 19.1. The molecule has 0 aliphatic rings. The van der Waals surface area contributed by atoms with Crippen molar-refractivity contribution in [2.75, 3.05) is 11.1 Å². The van der Waals surface area contributed by atoms with Crippen LogP contribution in [0.5, 0.6) is 0 Å². The number of rotatable bonds is 2. The number of nitrogens with one attached hydrogen (secondary N) is 1. The molecular formula is C16H12FN3O. The normalized spacial score (nSPS) is 10.5. The highest BCUT2D eigenvalue weighted by molar-refractivity contribution is 6.14. The minimum absolute atomic E-state index is 0.107. The Morgan fingerprint density at radius 1 is 1.10 bits per heavy atom. The maximum atomic E-state index is 13.6. The van der Waals surface area contributed by atoms with E-state index in [1.165, 1.54) is 18.3 Å². The SMILES string of the molecule is Nc1cccc2ccnc(C(=O)Nc3ccccc3F)c12. The number of aromatic nitrogens is 1. The van der Waals surface area contributed by atoms with Gasteiger partial charge in [-0.05, 0) is 29.7 Å². The molecule has 0 saturated carbocycles. The summed E-state index contributed by atoms with van der Waals surface area (Å²) in [5.41, 5.74) is 6.66. The Bertz CT molecular complexity index is 827. The lowest BCUT2D eigenvalue weighted by Crippen LogP contribution is -2.15. The summed E-state index contributed by atoms with van der Waals surface area (Å²) in [6.45, 7) is 0. The summed E-state index contributed by atoms with van der Waals surface area (Å²) in [6, 6.07) is 13.1. The van der Waals surface area contributed by atoms with Crippen molar-refractivity contribution in [2.45, 2.75) is 0 Å². The summed E-state index contributed by atoms with van der Waals surface area (Å²) in [6.07, 6.45) is 1.53. The molecule has 0 radical (unpaired) electrons. The third kappa shape index (κ3) is 2.41. The van der Waals surface area contributed by atoms with Gasteiger partial charge in [-0.1, -0.05) is 24.3 Å². The molecule has 104 valence electrons. The number of para-hydroxylation sites is 1. The number of nitrogen functional groups attached to an aromatic ring is 1. The van der Waals surface area contributed by atoms with Gasteiger partial charge in [-0.15, -0.1) is 0 Å². The maximum Gasteiger partial charge on any atom is 0.275 e. The van der Waals surface area contributed by atoms with Gasteiger partial charge in [0.15, 0.2) is 0 Å². The van der Waals surface area contributed by atoms with Gasteiger partial charge < -0.3 is 11.1 Å². The average Bonchev–Trinajstić information content (AvgIpc) is 2.49. The van der Waals surface area contributed by atoms with Crippen molar-refractivity contribution in [3.8, 4) is 0 Å². The van der Waals surface area contributed by atoms with E-state index < -0.39 is 11.7 Å². The number of pyridine rings is 1. The molecule has 1 aromatic heterocycles. The molecule has 2 aromatic carbocycles. The quantitative estimate of drug-likeness (QED) is 0.709. The Morgan fingerprint density at radius 3 is 2.71 bits per heavy atom. The van der Waals surface area contributed by atoms with Crippen LogP contribution in [0.2, 0.25) is 0 Å². The van der Waals surface area contributed by atoms with Gasteiger partial charge in [-0.3, -0.25) is 9.78 Å². The fourth-order valence-electron chi connectivity index (χ4n) is 2.17. The molecule has 1 amide bonds. The van der Waals surface area contributed by atoms with Gasteiger partial charge in [-0.25, -0.2) is 4.39 Å². The lowest BCUT2D eigenvalue weighted by atomic mass is 10.1. The number of nitrogens with zero attached hydrogens (tertiary/aromatic N) is 1. The summed E-state index contributed by atoms with van der Waals surface area (Å²) in [5.74, 6) is -0.998. The molecule has 0 bridgehead atoms. The molecule has 0 fully saturated rings. The van der Waals surface area contributed by atoms with Crippen molar-refractivity contribution in [1.82, 2.24) is 4.98 Å². The van der Waals surface area contributed by atoms with E-state index in [0.717, 1.165) is 5.39 Å². The first-order chi connectivity index (χ1) is 10.2. The van der Waals surface area contributed by atoms with Crippen molar-refractivity contribution in [2.24, 2.45) is 0 Å². The van der Waals surface area contributed by atoms with Crippen molar-refractivity contribution in [1.29, 1.82) is 0 Å². The number of halogens is 1. The van der Waals surface area contributed by atoms with Crippen molar-refractivity contribution in [3.05, 3.63) is 66.2 Å². The maximum absolute atomic E-state index is 13.6. The Labute approximate surface area is 120 Å². The van der Waals surface area contributed by atoms with E-state index in [2.05, 4.69) is 10.3 Å². The Kier molecular flexibility index (Phi) is 3.23. The lowest BCUT2D eigenvalue weighted by Gasteiger charge is -2.09. The molecule has 0 atom stereocenters. The molecule has 3 N–H and O–H groups in total. The number of carbonyl (C=O) groups excluding carboxylic acids is 1. The van der Waals surface area contributed by atoms with Gasteiger partial charge in [0.25, 0.3) is 5.91 Å².